The fourth-order valence-electron chi connectivity index (χ4n) is 1.70. The summed E-state index contributed by atoms with van der Waals surface area (Å²) in [7, 11) is 1.60. The number of carbonyl (C=O) groups excluding carboxylic acids is 1. The summed E-state index contributed by atoms with van der Waals surface area (Å²) in [6.07, 6.45) is 1.84. The van der Waals surface area contributed by atoms with Crippen LogP contribution in [0.3, 0.4) is 0 Å². The van der Waals surface area contributed by atoms with E-state index in [1.807, 2.05) is 36.4 Å². The van der Waals surface area contributed by atoms with E-state index >= 15 is 0 Å². The number of hydrogen-bond acceptors (Lipinski definition) is 3. The molecule has 4 nitrogen and oxygen atoms in total. The van der Waals surface area contributed by atoms with Crippen LogP contribution in [0, 0.1) is 0 Å². The van der Waals surface area contributed by atoms with Crippen LogP contribution in [0.25, 0.3) is 0 Å². The van der Waals surface area contributed by atoms with Gasteiger partial charge in [-0.3, -0.25) is 4.79 Å². The minimum Gasteiger partial charge on any atom is -0.497 e. The lowest BCUT2D eigenvalue weighted by Crippen LogP contribution is -2.19. The van der Waals surface area contributed by atoms with E-state index in [4.69, 9.17) is 16.3 Å². The normalized spacial score (nSPS) is 10.6. The van der Waals surface area contributed by atoms with Gasteiger partial charge < -0.3 is 4.74 Å². The minimum absolute atomic E-state index is 0.176. The summed E-state index contributed by atoms with van der Waals surface area (Å²) in [6.45, 7) is 0. The largest absolute Gasteiger partial charge is 0.497 e. The van der Waals surface area contributed by atoms with Gasteiger partial charge in [-0.1, -0.05) is 35.9 Å². The highest BCUT2D eigenvalue weighted by Gasteiger charge is 2.02. The molecule has 21 heavy (non-hydrogen) atoms. The average molecular weight is 303 g/mol. The summed E-state index contributed by atoms with van der Waals surface area (Å²) in [5, 5.41) is 4.57. The lowest BCUT2D eigenvalue weighted by atomic mass is 10.1. The quantitative estimate of drug-likeness (QED) is 0.682. The topological polar surface area (TPSA) is 50.7 Å². The predicted octanol–water partition coefficient (Wildman–Crippen LogP) is 3.04. The Morgan fingerprint density at radius 3 is 2.48 bits per heavy atom. The molecule has 2 aromatic rings. The Labute approximate surface area is 128 Å². The highest BCUT2D eigenvalue weighted by Crippen LogP contribution is 2.11. The molecule has 0 unspecified atom stereocenters. The second-order valence-corrected chi connectivity index (χ2v) is 4.81. The summed E-state index contributed by atoms with van der Waals surface area (Å²) in [6, 6.07) is 14.5. The Hall–Kier alpha value is -2.33. The molecule has 0 heterocycles. The zero-order chi connectivity index (χ0) is 15.1. The maximum absolute atomic E-state index is 11.7. The Morgan fingerprint density at radius 2 is 1.86 bits per heavy atom. The van der Waals surface area contributed by atoms with Gasteiger partial charge >= 0.3 is 0 Å². The van der Waals surface area contributed by atoms with Crippen molar-refractivity contribution in [3.63, 3.8) is 0 Å². The molecule has 0 aromatic heterocycles. The Morgan fingerprint density at radius 1 is 1.19 bits per heavy atom. The molecule has 0 saturated carbocycles. The van der Waals surface area contributed by atoms with Gasteiger partial charge in [0.25, 0.3) is 0 Å². The van der Waals surface area contributed by atoms with Gasteiger partial charge in [0.1, 0.15) is 5.75 Å². The van der Waals surface area contributed by atoms with Crippen molar-refractivity contribution < 1.29 is 9.53 Å². The van der Waals surface area contributed by atoms with E-state index in [0.29, 0.717) is 5.02 Å². The first-order chi connectivity index (χ1) is 10.2. The van der Waals surface area contributed by atoms with E-state index in [9.17, 15) is 4.79 Å². The molecule has 0 aliphatic rings. The Kier molecular flexibility index (Phi) is 5.35. The van der Waals surface area contributed by atoms with Gasteiger partial charge in [0.15, 0.2) is 0 Å². The van der Waals surface area contributed by atoms with Crippen LogP contribution in [-0.4, -0.2) is 19.2 Å². The summed E-state index contributed by atoms with van der Waals surface area (Å²) in [5.74, 6) is 0.588. The molecule has 1 N–H and O–H groups in total. The van der Waals surface area contributed by atoms with Crippen molar-refractivity contribution in [2.24, 2.45) is 5.10 Å². The highest BCUT2D eigenvalue weighted by molar-refractivity contribution is 6.30. The van der Waals surface area contributed by atoms with Gasteiger partial charge in [-0.25, -0.2) is 5.43 Å². The zero-order valence-electron chi connectivity index (χ0n) is 11.5. The average Bonchev–Trinajstić information content (AvgIpc) is 2.50. The van der Waals surface area contributed by atoms with Crippen LogP contribution in [0.2, 0.25) is 5.02 Å². The lowest BCUT2D eigenvalue weighted by molar-refractivity contribution is -0.120. The van der Waals surface area contributed by atoms with Crippen molar-refractivity contribution in [3.8, 4) is 5.75 Å². The summed E-state index contributed by atoms with van der Waals surface area (Å²) in [5.41, 5.74) is 4.25. The maximum Gasteiger partial charge on any atom is 0.244 e. The number of rotatable bonds is 5. The van der Waals surface area contributed by atoms with Gasteiger partial charge in [-0.2, -0.15) is 5.10 Å². The number of amides is 1. The van der Waals surface area contributed by atoms with Crippen molar-refractivity contribution >= 4 is 23.7 Å². The molecule has 0 aliphatic heterocycles. The summed E-state index contributed by atoms with van der Waals surface area (Å²) >= 11 is 5.78. The molecular weight excluding hydrogens is 288 g/mol. The third kappa shape index (κ3) is 4.93. The summed E-state index contributed by atoms with van der Waals surface area (Å²) < 4.78 is 5.06. The number of nitrogens with one attached hydrogen (secondary N) is 1. The maximum atomic E-state index is 11.7. The molecule has 108 valence electrons. The Bertz CT molecular complexity index is 622. The van der Waals surface area contributed by atoms with Gasteiger partial charge in [0, 0.05) is 5.02 Å². The van der Waals surface area contributed by atoms with Gasteiger partial charge in [0.05, 0.1) is 19.7 Å². The highest BCUT2D eigenvalue weighted by atomic mass is 35.5. The molecule has 5 heteroatoms. The number of hydrazone groups is 1. The number of benzene rings is 2. The first-order valence-corrected chi connectivity index (χ1v) is 6.75. The number of nitrogens with zero attached hydrogens (tertiary/aromatic N) is 1. The third-order valence-electron chi connectivity index (χ3n) is 2.80. The second-order valence-electron chi connectivity index (χ2n) is 4.37. The van der Waals surface area contributed by atoms with Crippen LogP contribution in [0.5, 0.6) is 5.75 Å². The summed E-state index contributed by atoms with van der Waals surface area (Å²) in [4.78, 5) is 11.7. The van der Waals surface area contributed by atoms with Crippen LogP contribution in [0.1, 0.15) is 11.1 Å². The SMILES string of the molecule is COc1ccc(CC(=O)N/N=C/c2ccc(Cl)cc2)cc1. The molecule has 0 fully saturated rings. The number of carbonyl (C=O) groups is 1. The van der Waals surface area contributed by atoms with Crippen molar-refractivity contribution in [3.05, 3.63) is 64.7 Å². The van der Waals surface area contributed by atoms with E-state index in [1.165, 1.54) is 0 Å². The van der Waals surface area contributed by atoms with Crippen molar-refractivity contribution in [2.45, 2.75) is 6.42 Å². The zero-order valence-corrected chi connectivity index (χ0v) is 12.3. The lowest BCUT2D eigenvalue weighted by Gasteiger charge is -2.02. The monoisotopic (exact) mass is 302 g/mol. The molecule has 0 bridgehead atoms. The smallest absolute Gasteiger partial charge is 0.244 e. The van der Waals surface area contributed by atoms with Gasteiger partial charge in [0.2, 0.25) is 5.91 Å². The molecule has 1 amide bonds. The fraction of sp³-hybridized carbons (Fsp3) is 0.125. The van der Waals surface area contributed by atoms with Crippen LogP contribution in [-0.2, 0) is 11.2 Å². The number of methoxy groups -OCH3 is 1. The molecular formula is C16H15ClN2O2. The van der Waals surface area contributed by atoms with Crippen molar-refractivity contribution in [1.82, 2.24) is 5.43 Å². The van der Waals surface area contributed by atoms with Crippen LogP contribution in [0.4, 0.5) is 0 Å². The molecule has 0 aliphatic carbocycles. The third-order valence-corrected chi connectivity index (χ3v) is 3.05. The second kappa shape index (κ2) is 7.45. The van der Waals surface area contributed by atoms with Crippen LogP contribution < -0.4 is 10.2 Å². The van der Waals surface area contributed by atoms with E-state index < -0.39 is 0 Å². The Balaban J connectivity index is 1.85. The first kappa shape index (κ1) is 15.1. The molecule has 2 rings (SSSR count). The van der Waals surface area contributed by atoms with Crippen LogP contribution in [0.15, 0.2) is 53.6 Å². The van der Waals surface area contributed by atoms with Crippen LogP contribution >= 0.6 is 11.6 Å². The molecule has 0 saturated heterocycles. The standard InChI is InChI=1S/C16H15ClN2O2/c1-21-15-8-4-12(5-9-15)10-16(20)19-18-11-13-2-6-14(17)7-3-13/h2-9,11H,10H2,1H3,(H,19,20)/b18-11+. The first-order valence-electron chi connectivity index (χ1n) is 6.38. The molecule has 0 radical (unpaired) electrons. The number of halogens is 1. The minimum atomic E-state index is -0.176. The van der Waals surface area contributed by atoms with E-state index in [0.717, 1.165) is 16.9 Å². The van der Waals surface area contributed by atoms with E-state index in [-0.39, 0.29) is 12.3 Å². The molecule has 0 atom stereocenters. The van der Waals surface area contributed by atoms with E-state index in [2.05, 4.69) is 10.5 Å². The van der Waals surface area contributed by atoms with E-state index in [1.54, 1.807) is 25.5 Å². The van der Waals surface area contributed by atoms with Crippen molar-refractivity contribution in [1.29, 1.82) is 0 Å². The predicted molar refractivity (Wildman–Crippen MR) is 83.9 cm³/mol. The van der Waals surface area contributed by atoms with Crippen molar-refractivity contribution in [2.75, 3.05) is 7.11 Å². The van der Waals surface area contributed by atoms with Gasteiger partial charge in [-0.15, -0.1) is 0 Å². The number of hydrogen-bond donors (Lipinski definition) is 1. The van der Waals surface area contributed by atoms with Gasteiger partial charge in [-0.05, 0) is 35.4 Å². The molecule has 2 aromatic carbocycles. The molecule has 0 spiro atoms. The fourth-order valence-corrected chi connectivity index (χ4v) is 1.82. The number of ether oxygens (including phenoxy) is 1.